The summed E-state index contributed by atoms with van der Waals surface area (Å²) >= 11 is 4.30. The lowest BCUT2D eigenvalue weighted by Crippen LogP contribution is -1.89. The van der Waals surface area contributed by atoms with E-state index in [-0.39, 0.29) is 4.88 Å². The lowest BCUT2D eigenvalue weighted by Gasteiger charge is -2.00. The molecule has 4 nitrogen and oxygen atoms in total. The summed E-state index contributed by atoms with van der Waals surface area (Å²) in [6.07, 6.45) is 1.28. The summed E-state index contributed by atoms with van der Waals surface area (Å²) < 4.78 is 6.34. The van der Waals surface area contributed by atoms with Crippen LogP contribution in [0, 0.1) is 0 Å². The van der Waals surface area contributed by atoms with Crippen LogP contribution in [0.3, 0.4) is 0 Å². The van der Waals surface area contributed by atoms with Gasteiger partial charge in [0.05, 0.1) is 6.20 Å². The third-order valence-corrected chi connectivity index (χ3v) is 3.11. The van der Waals surface area contributed by atoms with Gasteiger partial charge < -0.3 is 9.84 Å². The van der Waals surface area contributed by atoms with Crippen molar-refractivity contribution in [1.29, 1.82) is 0 Å². The molecule has 6 heteroatoms. The van der Waals surface area contributed by atoms with Gasteiger partial charge in [-0.2, -0.15) is 0 Å². The van der Waals surface area contributed by atoms with Crippen molar-refractivity contribution >= 4 is 33.2 Å². The highest BCUT2D eigenvalue weighted by Crippen LogP contribution is 2.27. The van der Waals surface area contributed by atoms with Gasteiger partial charge in [0.1, 0.15) is 10.6 Å². The Kier molecular flexibility index (Phi) is 3.21. The van der Waals surface area contributed by atoms with Gasteiger partial charge in [0.25, 0.3) is 5.19 Å². The first-order chi connectivity index (χ1) is 7.65. The Hall–Kier alpha value is -1.40. The minimum atomic E-state index is -0.997. The van der Waals surface area contributed by atoms with E-state index in [0.29, 0.717) is 10.9 Å². The Labute approximate surface area is 104 Å². The molecule has 0 amide bonds. The smallest absolute Gasteiger partial charge is 0.347 e. The van der Waals surface area contributed by atoms with Crippen molar-refractivity contribution in [2.75, 3.05) is 0 Å². The first-order valence-electron chi connectivity index (χ1n) is 4.28. The van der Waals surface area contributed by atoms with Crippen LogP contribution < -0.4 is 4.74 Å². The molecule has 1 aromatic carbocycles. The zero-order valence-electron chi connectivity index (χ0n) is 7.88. The molecule has 2 rings (SSSR count). The summed E-state index contributed by atoms with van der Waals surface area (Å²) in [6.45, 7) is 0. The molecule has 0 aliphatic rings. The maximum Gasteiger partial charge on any atom is 0.347 e. The summed E-state index contributed by atoms with van der Waals surface area (Å²) in [5.74, 6) is -0.377. The van der Waals surface area contributed by atoms with Gasteiger partial charge in [-0.15, -0.1) is 0 Å². The molecular weight excluding hydrogens is 294 g/mol. The maximum absolute atomic E-state index is 10.6. The van der Waals surface area contributed by atoms with Crippen LogP contribution in [0.2, 0.25) is 0 Å². The molecule has 2 aromatic rings. The van der Waals surface area contributed by atoms with E-state index in [9.17, 15) is 4.79 Å². The quantitative estimate of drug-likeness (QED) is 0.944. The van der Waals surface area contributed by atoms with Crippen molar-refractivity contribution in [2.45, 2.75) is 0 Å². The van der Waals surface area contributed by atoms with Gasteiger partial charge in [0.2, 0.25) is 0 Å². The predicted octanol–water partition coefficient (Wildman–Crippen LogP) is 3.40. The van der Waals surface area contributed by atoms with Gasteiger partial charge in [-0.1, -0.05) is 27.3 Å². The van der Waals surface area contributed by atoms with Crippen molar-refractivity contribution < 1.29 is 14.6 Å². The van der Waals surface area contributed by atoms with Crippen LogP contribution >= 0.6 is 27.3 Å². The van der Waals surface area contributed by atoms with E-state index in [2.05, 4.69) is 20.9 Å². The highest BCUT2D eigenvalue weighted by molar-refractivity contribution is 9.10. The van der Waals surface area contributed by atoms with E-state index in [0.717, 1.165) is 15.8 Å². The van der Waals surface area contributed by atoms with E-state index in [4.69, 9.17) is 9.84 Å². The van der Waals surface area contributed by atoms with Crippen LogP contribution in [0.15, 0.2) is 34.9 Å². The lowest BCUT2D eigenvalue weighted by molar-refractivity contribution is 0.0702. The van der Waals surface area contributed by atoms with E-state index in [1.54, 1.807) is 12.1 Å². The number of rotatable bonds is 3. The number of carboxylic acids is 1. The molecule has 0 aliphatic carbocycles. The summed E-state index contributed by atoms with van der Waals surface area (Å²) in [5, 5.41) is 9.03. The third-order valence-electron chi connectivity index (χ3n) is 1.71. The number of hydrogen-bond donors (Lipinski definition) is 1. The van der Waals surface area contributed by atoms with Crippen molar-refractivity contribution in [3.63, 3.8) is 0 Å². The number of aromatic nitrogens is 1. The molecule has 0 spiro atoms. The lowest BCUT2D eigenvalue weighted by atomic mass is 10.3. The zero-order chi connectivity index (χ0) is 11.5. The van der Waals surface area contributed by atoms with Gasteiger partial charge in [0.15, 0.2) is 0 Å². The van der Waals surface area contributed by atoms with Gasteiger partial charge >= 0.3 is 5.97 Å². The molecule has 0 atom stereocenters. The molecule has 0 saturated carbocycles. The highest BCUT2D eigenvalue weighted by atomic mass is 79.9. The average molecular weight is 300 g/mol. The predicted molar refractivity (Wildman–Crippen MR) is 63.3 cm³/mol. The largest absolute Gasteiger partial charge is 0.477 e. The number of carbonyl (C=O) groups is 1. The summed E-state index contributed by atoms with van der Waals surface area (Å²) in [4.78, 5) is 14.6. The van der Waals surface area contributed by atoms with Crippen LogP contribution in [0.1, 0.15) is 9.67 Å². The number of benzene rings is 1. The molecule has 0 aliphatic heterocycles. The second-order valence-corrected chi connectivity index (χ2v) is 4.76. The fourth-order valence-electron chi connectivity index (χ4n) is 1.01. The van der Waals surface area contributed by atoms with Gasteiger partial charge in [-0.3, -0.25) is 0 Å². The normalized spacial score (nSPS) is 10.1. The summed E-state index contributed by atoms with van der Waals surface area (Å²) in [7, 11) is 0. The Balaban J connectivity index is 2.14. The number of thiazole rings is 1. The first kappa shape index (κ1) is 11.1. The summed E-state index contributed by atoms with van der Waals surface area (Å²) in [6, 6.07) is 7.21. The van der Waals surface area contributed by atoms with E-state index in [1.165, 1.54) is 6.20 Å². The van der Waals surface area contributed by atoms with Gasteiger partial charge in [-0.05, 0) is 24.3 Å². The molecule has 0 fully saturated rings. The van der Waals surface area contributed by atoms with Crippen LogP contribution in [0.5, 0.6) is 10.9 Å². The number of halogens is 1. The molecule has 1 aromatic heterocycles. The van der Waals surface area contributed by atoms with Crippen molar-refractivity contribution in [3.8, 4) is 10.9 Å². The molecule has 0 unspecified atom stereocenters. The van der Waals surface area contributed by atoms with Crippen LogP contribution in [0.25, 0.3) is 0 Å². The third kappa shape index (κ3) is 2.59. The molecular formula is C10H6BrNO3S. The van der Waals surface area contributed by atoms with E-state index < -0.39 is 5.97 Å². The van der Waals surface area contributed by atoms with E-state index in [1.807, 2.05) is 12.1 Å². The monoisotopic (exact) mass is 299 g/mol. The number of ether oxygens (including phenoxy) is 1. The Morgan fingerprint density at radius 1 is 1.38 bits per heavy atom. The minimum absolute atomic E-state index is 0.159. The standard InChI is InChI=1S/C10H6BrNO3S/c11-6-1-3-7(4-2-6)15-10-12-5-8(16-10)9(13)14/h1-5H,(H,13,14). The first-order valence-corrected chi connectivity index (χ1v) is 5.88. The molecule has 0 saturated heterocycles. The molecule has 16 heavy (non-hydrogen) atoms. The summed E-state index contributed by atoms with van der Waals surface area (Å²) in [5.41, 5.74) is 0. The molecule has 82 valence electrons. The van der Waals surface area contributed by atoms with Crippen molar-refractivity contribution in [1.82, 2.24) is 4.98 Å². The number of hydrogen-bond acceptors (Lipinski definition) is 4. The average Bonchev–Trinajstić information content (AvgIpc) is 2.70. The topological polar surface area (TPSA) is 59.4 Å². The Morgan fingerprint density at radius 2 is 2.06 bits per heavy atom. The van der Waals surface area contributed by atoms with Gasteiger partial charge in [-0.25, -0.2) is 9.78 Å². The number of carboxylic acid groups (broad SMARTS) is 1. The van der Waals surface area contributed by atoms with Crippen molar-refractivity contribution in [2.24, 2.45) is 0 Å². The van der Waals surface area contributed by atoms with Gasteiger partial charge in [0, 0.05) is 4.47 Å². The molecule has 0 radical (unpaired) electrons. The highest BCUT2D eigenvalue weighted by Gasteiger charge is 2.09. The SMILES string of the molecule is O=C(O)c1cnc(Oc2ccc(Br)cc2)s1. The molecule has 0 bridgehead atoms. The Bertz CT molecular complexity index is 509. The number of aromatic carboxylic acids is 1. The van der Waals surface area contributed by atoms with Crippen LogP contribution in [0.4, 0.5) is 0 Å². The fourth-order valence-corrected chi connectivity index (χ4v) is 1.90. The van der Waals surface area contributed by atoms with Crippen LogP contribution in [-0.4, -0.2) is 16.1 Å². The Morgan fingerprint density at radius 3 is 2.62 bits per heavy atom. The molecule has 1 heterocycles. The minimum Gasteiger partial charge on any atom is -0.477 e. The van der Waals surface area contributed by atoms with E-state index >= 15 is 0 Å². The second-order valence-electron chi connectivity index (χ2n) is 2.85. The van der Waals surface area contributed by atoms with Crippen LogP contribution in [-0.2, 0) is 0 Å². The zero-order valence-corrected chi connectivity index (χ0v) is 10.3. The number of nitrogens with zero attached hydrogens (tertiary/aromatic N) is 1. The van der Waals surface area contributed by atoms with Crippen molar-refractivity contribution in [3.05, 3.63) is 39.8 Å². The fraction of sp³-hybridized carbons (Fsp3) is 0. The molecule has 1 N–H and O–H groups in total. The maximum atomic E-state index is 10.6. The second kappa shape index (κ2) is 4.63.